The van der Waals surface area contributed by atoms with Crippen LogP contribution in [0.2, 0.25) is 0 Å². The number of nitrogens with one attached hydrogen (secondary N) is 1. The van der Waals surface area contributed by atoms with Crippen molar-refractivity contribution in [1.82, 2.24) is 0 Å². The first kappa shape index (κ1) is 20.2. The number of unbranched alkanes of at least 4 members (excludes halogenated alkanes) is 3. The van der Waals surface area contributed by atoms with E-state index in [0.717, 1.165) is 25.1 Å². The first-order chi connectivity index (χ1) is 12.7. The molecule has 26 heavy (non-hydrogen) atoms. The van der Waals surface area contributed by atoms with E-state index >= 15 is 0 Å². The third-order valence-corrected chi connectivity index (χ3v) is 4.44. The molecule has 0 aromatic heterocycles. The third-order valence-electron chi connectivity index (χ3n) is 4.44. The number of para-hydroxylation sites is 1. The van der Waals surface area contributed by atoms with Crippen molar-refractivity contribution in [2.24, 2.45) is 5.92 Å². The summed E-state index contributed by atoms with van der Waals surface area (Å²) in [7, 11) is 0. The quantitative estimate of drug-likeness (QED) is 0.488. The number of amides is 1. The van der Waals surface area contributed by atoms with Crippen molar-refractivity contribution in [1.29, 1.82) is 0 Å². The van der Waals surface area contributed by atoms with Crippen LogP contribution in [0.3, 0.4) is 0 Å². The Morgan fingerprint density at radius 1 is 0.923 bits per heavy atom. The smallest absolute Gasteiger partial charge is 0.224 e. The summed E-state index contributed by atoms with van der Waals surface area (Å²) in [5.41, 5.74) is 2.11. The fraction of sp³-hybridized carbons (Fsp3) is 0.435. The summed E-state index contributed by atoms with van der Waals surface area (Å²) in [6, 6.07) is 19.9. The molecule has 140 valence electrons. The van der Waals surface area contributed by atoms with Crippen LogP contribution in [0.1, 0.15) is 51.0 Å². The zero-order valence-corrected chi connectivity index (χ0v) is 15.8. The summed E-state index contributed by atoms with van der Waals surface area (Å²) in [5, 5.41) is 2.96. The van der Waals surface area contributed by atoms with E-state index in [2.05, 4.69) is 24.4 Å². The van der Waals surface area contributed by atoms with Gasteiger partial charge in [-0.2, -0.15) is 0 Å². The van der Waals surface area contributed by atoms with Gasteiger partial charge in [0, 0.05) is 18.7 Å². The van der Waals surface area contributed by atoms with Crippen LogP contribution in [0.5, 0.6) is 0 Å². The summed E-state index contributed by atoms with van der Waals surface area (Å²) in [6.45, 7) is 3.69. The monoisotopic (exact) mass is 353 g/mol. The summed E-state index contributed by atoms with van der Waals surface area (Å²) in [6.07, 6.45) is 6.38. The number of carbonyl (C=O) groups excluding carboxylic acids is 1. The highest BCUT2D eigenvalue weighted by molar-refractivity contribution is 5.90. The van der Waals surface area contributed by atoms with Crippen molar-refractivity contribution in [2.75, 3.05) is 11.9 Å². The molecule has 0 aliphatic rings. The molecule has 0 heterocycles. The molecule has 0 bridgehead atoms. The second-order valence-electron chi connectivity index (χ2n) is 6.96. The predicted molar refractivity (Wildman–Crippen MR) is 108 cm³/mol. The Kier molecular flexibility index (Phi) is 9.52. The maximum atomic E-state index is 12.0. The molecule has 1 N–H and O–H groups in total. The molecule has 1 amide bonds. The number of hydrogen-bond donors (Lipinski definition) is 1. The number of ether oxygens (including phenoxy) is 1. The van der Waals surface area contributed by atoms with Crippen LogP contribution < -0.4 is 5.32 Å². The average Bonchev–Trinajstić information content (AvgIpc) is 2.65. The van der Waals surface area contributed by atoms with Crippen molar-refractivity contribution in [3.05, 3.63) is 66.2 Å². The molecular formula is C23H31NO2. The van der Waals surface area contributed by atoms with Crippen LogP contribution in [0, 0.1) is 5.92 Å². The minimum atomic E-state index is 0.109. The van der Waals surface area contributed by atoms with E-state index in [4.69, 9.17) is 4.74 Å². The Morgan fingerprint density at radius 3 is 2.31 bits per heavy atom. The molecule has 1 atom stereocenters. The van der Waals surface area contributed by atoms with Gasteiger partial charge >= 0.3 is 0 Å². The fourth-order valence-electron chi connectivity index (χ4n) is 2.97. The molecule has 3 nitrogen and oxygen atoms in total. The first-order valence-corrected chi connectivity index (χ1v) is 9.70. The van der Waals surface area contributed by atoms with Crippen LogP contribution in [0.25, 0.3) is 0 Å². The SMILES string of the molecule is CC(CCCCCCOCc1ccccc1)CC(=O)Nc1ccccc1. The highest BCUT2D eigenvalue weighted by Gasteiger charge is 2.09. The Balaban J connectivity index is 1.44. The zero-order valence-electron chi connectivity index (χ0n) is 15.8. The molecule has 0 radical (unpaired) electrons. The lowest BCUT2D eigenvalue weighted by Crippen LogP contribution is -2.15. The predicted octanol–water partition coefficient (Wildman–Crippen LogP) is 5.82. The van der Waals surface area contributed by atoms with E-state index in [1.807, 2.05) is 48.5 Å². The van der Waals surface area contributed by atoms with Gasteiger partial charge in [-0.3, -0.25) is 4.79 Å². The van der Waals surface area contributed by atoms with Crippen molar-refractivity contribution in [2.45, 2.75) is 52.1 Å². The second-order valence-corrected chi connectivity index (χ2v) is 6.96. The highest BCUT2D eigenvalue weighted by atomic mass is 16.5. The van der Waals surface area contributed by atoms with Gasteiger partial charge in [0.25, 0.3) is 0 Å². The van der Waals surface area contributed by atoms with Gasteiger partial charge in [-0.05, 0) is 30.0 Å². The normalized spacial score (nSPS) is 11.9. The number of benzene rings is 2. The molecule has 0 saturated carbocycles. The van der Waals surface area contributed by atoms with Crippen LogP contribution >= 0.6 is 0 Å². The van der Waals surface area contributed by atoms with Crippen molar-refractivity contribution in [3.63, 3.8) is 0 Å². The minimum absolute atomic E-state index is 0.109. The minimum Gasteiger partial charge on any atom is -0.377 e. The zero-order chi connectivity index (χ0) is 18.5. The Labute approximate surface area is 157 Å². The molecule has 1 unspecified atom stereocenters. The molecule has 0 fully saturated rings. The first-order valence-electron chi connectivity index (χ1n) is 9.70. The highest BCUT2D eigenvalue weighted by Crippen LogP contribution is 2.15. The van der Waals surface area contributed by atoms with E-state index in [9.17, 15) is 4.79 Å². The van der Waals surface area contributed by atoms with Crippen LogP contribution in [0.15, 0.2) is 60.7 Å². The molecule has 2 rings (SSSR count). The summed E-state index contributed by atoms with van der Waals surface area (Å²) < 4.78 is 5.70. The number of rotatable bonds is 12. The standard InChI is InChI=1S/C23H31NO2/c1-20(18-23(25)24-22-15-9-5-10-16-22)12-6-2-3-11-17-26-19-21-13-7-4-8-14-21/h4-5,7-10,13-16,20H,2-3,6,11-12,17-19H2,1H3,(H,24,25). The Morgan fingerprint density at radius 2 is 1.58 bits per heavy atom. The van der Waals surface area contributed by atoms with Gasteiger partial charge in [-0.15, -0.1) is 0 Å². The topological polar surface area (TPSA) is 38.3 Å². The maximum Gasteiger partial charge on any atom is 0.224 e. The lowest BCUT2D eigenvalue weighted by atomic mass is 9.99. The fourth-order valence-corrected chi connectivity index (χ4v) is 2.97. The van der Waals surface area contributed by atoms with E-state index in [-0.39, 0.29) is 5.91 Å². The maximum absolute atomic E-state index is 12.0. The van der Waals surface area contributed by atoms with Gasteiger partial charge < -0.3 is 10.1 Å². The molecule has 0 spiro atoms. The second kappa shape index (κ2) is 12.3. The van der Waals surface area contributed by atoms with Gasteiger partial charge in [0.1, 0.15) is 0 Å². The van der Waals surface area contributed by atoms with Crippen molar-refractivity contribution in [3.8, 4) is 0 Å². The van der Waals surface area contributed by atoms with Crippen LogP contribution in [0.4, 0.5) is 5.69 Å². The van der Waals surface area contributed by atoms with Gasteiger partial charge in [-0.25, -0.2) is 0 Å². The summed E-state index contributed by atoms with van der Waals surface area (Å²) in [4.78, 5) is 12.0. The molecule has 0 saturated heterocycles. The largest absolute Gasteiger partial charge is 0.377 e. The number of carbonyl (C=O) groups is 1. The summed E-state index contributed by atoms with van der Waals surface area (Å²) >= 11 is 0. The average molecular weight is 354 g/mol. The Hall–Kier alpha value is -2.13. The lowest BCUT2D eigenvalue weighted by molar-refractivity contribution is -0.117. The lowest BCUT2D eigenvalue weighted by Gasteiger charge is -2.11. The summed E-state index contributed by atoms with van der Waals surface area (Å²) in [5.74, 6) is 0.533. The molecule has 2 aromatic carbocycles. The molecule has 3 heteroatoms. The van der Waals surface area contributed by atoms with Gasteiger partial charge in [0.15, 0.2) is 0 Å². The van der Waals surface area contributed by atoms with E-state index in [1.165, 1.54) is 24.8 Å². The van der Waals surface area contributed by atoms with Crippen molar-refractivity contribution < 1.29 is 9.53 Å². The molecule has 0 aliphatic heterocycles. The molecular weight excluding hydrogens is 322 g/mol. The van der Waals surface area contributed by atoms with E-state index in [1.54, 1.807) is 0 Å². The molecule has 2 aromatic rings. The van der Waals surface area contributed by atoms with Crippen LogP contribution in [-0.4, -0.2) is 12.5 Å². The number of hydrogen-bond acceptors (Lipinski definition) is 2. The van der Waals surface area contributed by atoms with Gasteiger partial charge in [0.05, 0.1) is 6.61 Å². The van der Waals surface area contributed by atoms with Crippen LogP contribution in [-0.2, 0) is 16.1 Å². The van der Waals surface area contributed by atoms with E-state index < -0.39 is 0 Å². The van der Waals surface area contributed by atoms with Crippen molar-refractivity contribution >= 4 is 11.6 Å². The van der Waals surface area contributed by atoms with Gasteiger partial charge in [-0.1, -0.05) is 81.1 Å². The van der Waals surface area contributed by atoms with E-state index in [0.29, 0.717) is 18.9 Å². The third kappa shape index (κ3) is 8.82. The molecule has 0 aliphatic carbocycles. The number of anilines is 1. The van der Waals surface area contributed by atoms with Gasteiger partial charge in [0.2, 0.25) is 5.91 Å². The Bertz CT molecular complexity index is 613.